The third-order valence-corrected chi connectivity index (χ3v) is 5.55. The standard InChI is InChI=1S/C20H26N2O5/c1-12(23)11-26-15-7-4-13(5-8-15)20(25)27-17-10-14-6-9-16(22(14)3)18(17)19(24)21-2/h4-5,7-8,14,16-18H,6,9-11H2,1-3H3,(H,21,24)/t14?,16?,17?,18-/m1/s1. The highest BCUT2D eigenvalue weighted by Crippen LogP contribution is 2.39. The summed E-state index contributed by atoms with van der Waals surface area (Å²) in [6.45, 7) is 1.44. The van der Waals surface area contributed by atoms with E-state index in [0.29, 0.717) is 23.8 Å². The molecule has 2 aliphatic rings. The van der Waals surface area contributed by atoms with Gasteiger partial charge in [0.05, 0.1) is 11.5 Å². The molecule has 1 amide bonds. The van der Waals surface area contributed by atoms with Gasteiger partial charge in [0, 0.05) is 25.6 Å². The van der Waals surface area contributed by atoms with Crippen molar-refractivity contribution in [2.75, 3.05) is 20.7 Å². The Morgan fingerprint density at radius 1 is 1.19 bits per heavy atom. The van der Waals surface area contributed by atoms with Gasteiger partial charge in [-0.3, -0.25) is 14.5 Å². The number of carbonyl (C=O) groups excluding carboxylic acids is 3. The molecule has 7 nitrogen and oxygen atoms in total. The van der Waals surface area contributed by atoms with Gasteiger partial charge in [-0.05, 0) is 51.1 Å². The van der Waals surface area contributed by atoms with Crippen molar-refractivity contribution in [2.24, 2.45) is 5.92 Å². The monoisotopic (exact) mass is 374 g/mol. The number of ether oxygens (including phenoxy) is 2. The normalized spacial score (nSPS) is 27.1. The molecule has 4 atom stereocenters. The van der Waals surface area contributed by atoms with Crippen LogP contribution in [0.25, 0.3) is 0 Å². The molecule has 3 unspecified atom stereocenters. The number of hydrogen-bond donors (Lipinski definition) is 1. The first-order valence-corrected chi connectivity index (χ1v) is 9.27. The predicted octanol–water partition coefficient (Wildman–Crippen LogP) is 1.41. The summed E-state index contributed by atoms with van der Waals surface area (Å²) in [6.07, 6.45) is 2.19. The number of Topliss-reactive ketones (excluding diaryl/α,β-unsaturated/α-hetero) is 1. The van der Waals surface area contributed by atoms with Gasteiger partial charge in [0.15, 0.2) is 5.78 Å². The number of esters is 1. The van der Waals surface area contributed by atoms with E-state index in [0.717, 1.165) is 12.8 Å². The van der Waals surface area contributed by atoms with E-state index in [1.54, 1.807) is 31.3 Å². The number of nitrogens with one attached hydrogen (secondary N) is 1. The number of fused-ring (bicyclic) bond motifs is 2. The van der Waals surface area contributed by atoms with Crippen molar-refractivity contribution < 1.29 is 23.9 Å². The number of amides is 1. The molecule has 3 rings (SSSR count). The molecule has 0 aromatic heterocycles. The highest BCUT2D eigenvalue weighted by Gasteiger charge is 2.50. The first-order valence-electron chi connectivity index (χ1n) is 9.27. The number of carbonyl (C=O) groups is 3. The maximum atomic E-state index is 12.6. The molecule has 0 spiro atoms. The molecule has 27 heavy (non-hydrogen) atoms. The van der Waals surface area contributed by atoms with Gasteiger partial charge in [0.2, 0.25) is 5.91 Å². The van der Waals surface area contributed by atoms with Crippen LogP contribution < -0.4 is 10.1 Å². The lowest BCUT2D eigenvalue weighted by Crippen LogP contribution is -2.55. The fourth-order valence-corrected chi connectivity index (χ4v) is 4.13. The predicted molar refractivity (Wildman–Crippen MR) is 98.6 cm³/mol. The zero-order valence-corrected chi connectivity index (χ0v) is 15.9. The lowest BCUT2D eigenvalue weighted by molar-refractivity contribution is -0.134. The van der Waals surface area contributed by atoms with Crippen LogP contribution in [-0.2, 0) is 14.3 Å². The zero-order valence-electron chi connectivity index (χ0n) is 15.9. The van der Waals surface area contributed by atoms with Crippen LogP contribution in [0.1, 0.15) is 36.5 Å². The largest absolute Gasteiger partial charge is 0.486 e. The van der Waals surface area contributed by atoms with Crippen LogP contribution in [0.3, 0.4) is 0 Å². The molecule has 1 aromatic rings. The van der Waals surface area contributed by atoms with Crippen molar-refractivity contribution >= 4 is 17.7 Å². The SMILES string of the molecule is CNC(=O)[C@H]1C(OC(=O)c2ccc(OCC(C)=O)cc2)CC2CCC1N2C. The van der Waals surface area contributed by atoms with Gasteiger partial charge in [-0.1, -0.05) is 0 Å². The average molecular weight is 374 g/mol. The Morgan fingerprint density at radius 3 is 2.52 bits per heavy atom. The van der Waals surface area contributed by atoms with E-state index in [-0.39, 0.29) is 30.3 Å². The third-order valence-electron chi connectivity index (χ3n) is 5.55. The molecule has 1 N–H and O–H groups in total. The van der Waals surface area contributed by atoms with Crippen LogP contribution in [0.2, 0.25) is 0 Å². The van der Waals surface area contributed by atoms with Crippen molar-refractivity contribution in [3.8, 4) is 5.75 Å². The van der Waals surface area contributed by atoms with Crippen molar-refractivity contribution in [3.05, 3.63) is 29.8 Å². The number of hydrogen-bond acceptors (Lipinski definition) is 6. The second-order valence-electron chi connectivity index (χ2n) is 7.30. The molecule has 146 valence electrons. The summed E-state index contributed by atoms with van der Waals surface area (Å²) in [5, 5.41) is 2.71. The Kier molecular flexibility index (Phi) is 5.79. The van der Waals surface area contributed by atoms with Gasteiger partial charge in [-0.25, -0.2) is 4.79 Å². The van der Waals surface area contributed by atoms with Crippen molar-refractivity contribution in [1.29, 1.82) is 0 Å². The maximum absolute atomic E-state index is 12.6. The summed E-state index contributed by atoms with van der Waals surface area (Å²) in [5.41, 5.74) is 0.395. The Balaban J connectivity index is 1.68. The number of nitrogens with zero attached hydrogens (tertiary/aromatic N) is 1. The highest BCUT2D eigenvalue weighted by molar-refractivity contribution is 5.90. The van der Waals surface area contributed by atoms with E-state index in [1.165, 1.54) is 6.92 Å². The molecule has 2 aliphatic heterocycles. The second-order valence-corrected chi connectivity index (χ2v) is 7.30. The van der Waals surface area contributed by atoms with E-state index in [9.17, 15) is 14.4 Å². The molecular formula is C20H26N2O5. The summed E-state index contributed by atoms with van der Waals surface area (Å²) in [4.78, 5) is 38.2. The molecule has 2 fully saturated rings. The molecule has 1 aromatic carbocycles. The molecule has 0 radical (unpaired) electrons. The smallest absolute Gasteiger partial charge is 0.338 e. The van der Waals surface area contributed by atoms with Crippen LogP contribution in [0.15, 0.2) is 24.3 Å². The Hall–Kier alpha value is -2.41. The van der Waals surface area contributed by atoms with Crippen molar-refractivity contribution in [3.63, 3.8) is 0 Å². The summed E-state index contributed by atoms with van der Waals surface area (Å²) >= 11 is 0. The lowest BCUT2D eigenvalue weighted by atomic mass is 9.86. The van der Waals surface area contributed by atoms with Crippen LogP contribution >= 0.6 is 0 Å². The van der Waals surface area contributed by atoms with E-state index in [4.69, 9.17) is 9.47 Å². The van der Waals surface area contributed by atoms with Gasteiger partial charge in [-0.15, -0.1) is 0 Å². The Morgan fingerprint density at radius 2 is 1.89 bits per heavy atom. The van der Waals surface area contributed by atoms with Crippen LogP contribution in [0, 0.1) is 5.92 Å². The molecule has 0 saturated carbocycles. The van der Waals surface area contributed by atoms with E-state index in [1.807, 2.05) is 7.05 Å². The van der Waals surface area contributed by atoms with Gasteiger partial charge in [-0.2, -0.15) is 0 Å². The molecule has 2 saturated heterocycles. The molecule has 7 heteroatoms. The number of piperidine rings is 1. The Bertz CT molecular complexity index is 718. The minimum Gasteiger partial charge on any atom is -0.486 e. The van der Waals surface area contributed by atoms with Gasteiger partial charge < -0.3 is 14.8 Å². The maximum Gasteiger partial charge on any atom is 0.338 e. The second kappa shape index (κ2) is 8.08. The molecule has 0 aliphatic carbocycles. The Labute approximate surface area is 159 Å². The van der Waals surface area contributed by atoms with Crippen LogP contribution in [-0.4, -0.2) is 61.4 Å². The summed E-state index contributed by atoms with van der Waals surface area (Å²) in [7, 11) is 3.65. The minimum absolute atomic E-state index is 0.00400. The van der Waals surface area contributed by atoms with Crippen molar-refractivity contribution in [1.82, 2.24) is 10.2 Å². The summed E-state index contributed by atoms with van der Waals surface area (Å²) < 4.78 is 11.1. The van der Waals surface area contributed by atoms with Gasteiger partial charge in [0.25, 0.3) is 0 Å². The number of rotatable bonds is 6. The van der Waals surface area contributed by atoms with Gasteiger partial charge in [0.1, 0.15) is 18.5 Å². The topological polar surface area (TPSA) is 84.9 Å². The third kappa shape index (κ3) is 4.13. The first-order chi connectivity index (χ1) is 12.9. The van der Waals surface area contributed by atoms with Crippen LogP contribution in [0.4, 0.5) is 0 Å². The van der Waals surface area contributed by atoms with Crippen molar-refractivity contribution in [2.45, 2.75) is 44.4 Å². The van der Waals surface area contributed by atoms with Crippen LogP contribution in [0.5, 0.6) is 5.75 Å². The van der Waals surface area contributed by atoms with E-state index < -0.39 is 12.1 Å². The highest BCUT2D eigenvalue weighted by atomic mass is 16.5. The molecular weight excluding hydrogens is 348 g/mol. The quantitative estimate of drug-likeness (QED) is 0.758. The van der Waals surface area contributed by atoms with E-state index >= 15 is 0 Å². The fraction of sp³-hybridized carbons (Fsp3) is 0.550. The minimum atomic E-state index is -0.448. The summed E-state index contributed by atoms with van der Waals surface area (Å²) in [5.74, 6) is -0.451. The first kappa shape index (κ1) is 19.4. The number of ketones is 1. The lowest BCUT2D eigenvalue weighted by Gasteiger charge is -2.41. The average Bonchev–Trinajstić information content (AvgIpc) is 2.89. The fourth-order valence-electron chi connectivity index (χ4n) is 4.13. The molecule has 2 bridgehead atoms. The molecule has 2 heterocycles. The van der Waals surface area contributed by atoms with E-state index in [2.05, 4.69) is 10.2 Å². The summed E-state index contributed by atoms with van der Waals surface area (Å²) in [6, 6.07) is 6.93. The zero-order chi connectivity index (χ0) is 19.6. The van der Waals surface area contributed by atoms with Gasteiger partial charge >= 0.3 is 5.97 Å². The number of benzene rings is 1.